The van der Waals surface area contributed by atoms with E-state index < -0.39 is 0 Å². The molecule has 23 heavy (non-hydrogen) atoms. The van der Waals surface area contributed by atoms with E-state index in [2.05, 4.69) is 20.5 Å². The smallest absolute Gasteiger partial charge is 0.261 e. The lowest BCUT2D eigenvalue weighted by Crippen LogP contribution is -2.15. The molecule has 3 rings (SSSR count). The maximum absolute atomic E-state index is 12.4. The topological polar surface area (TPSA) is 77.6 Å². The number of anilines is 1. The zero-order valence-corrected chi connectivity index (χ0v) is 13.3. The van der Waals surface area contributed by atoms with Gasteiger partial charge in [-0.25, -0.2) is 9.67 Å². The van der Waals surface area contributed by atoms with E-state index in [9.17, 15) is 4.79 Å². The molecule has 118 valence electrons. The summed E-state index contributed by atoms with van der Waals surface area (Å²) < 4.78 is 3.37. The monoisotopic (exact) mass is 310 g/mol. The Morgan fingerprint density at radius 2 is 1.91 bits per heavy atom. The molecular formula is C16H18N6O. The number of benzene rings is 1. The first-order chi connectivity index (χ1) is 11.0. The van der Waals surface area contributed by atoms with Crippen molar-refractivity contribution in [3.63, 3.8) is 0 Å². The van der Waals surface area contributed by atoms with E-state index in [-0.39, 0.29) is 11.9 Å². The van der Waals surface area contributed by atoms with Crippen LogP contribution < -0.4 is 5.32 Å². The summed E-state index contributed by atoms with van der Waals surface area (Å²) in [5.74, 6) is 0.0409. The zero-order chi connectivity index (χ0) is 16.4. The van der Waals surface area contributed by atoms with Crippen molar-refractivity contribution in [1.82, 2.24) is 24.5 Å². The van der Waals surface area contributed by atoms with Gasteiger partial charge in [-0.15, -0.1) is 5.10 Å². The highest BCUT2D eigenvalue weighted by molar-refractivity contribution is 6.04. The number of amides is 1. The van der Waals surface area contributed by atoms with E-state index >= 15 is 0 Å². The standard InChI is InChI=1S/C16H18N6O/c1-11-14(12(2)21(3)19-11)15(23)18-16-17-10-22(20-16)9-13-7-5-4-6-8-13/h4-8,10H,9H2,1-3H3,(H,18,20,23). The molecule has 0 aliphatic rings. The number of aryl methyl sites for hydroxylation is 2. The van der Waals surface area contributed by atoms with E-state index in [1.165, 1.54) is 0 Å². The molecule has 0 radical (unpaired) electrons. The van der Waals surface area contributed by atoms with Crippen molar-refractivity contribution in [1.29, 1.82) is 0 Å². The van der Waals surface area contributed by atoms with E-state index in [0.29, 0.717) is 17.8 Å². The molecule has 7 heteroatoms. The Morgan fingerprint density at radius 1 is 1.17 bits per heavy atom. The van der Waals surface area contributed by atoms with Crippen LogP contribution in [0.3, 0.4) is 0 Å². The second-order valence-electron chi connectivity index (χ2n) is 5.37. The summed E-state index contributed by atoms with van der Waals surface area (Å²) in [6, 6.07) is 9.95. The second-order valence-corrected chi connectivity index (χ2v) is 5.37. The lowest BCUT2D eigenvalue weighted by atomic mass is 10.2. The molecule has 0 bridgehead atoms. The van der Waals surface area contributed by atoms with Crippen LogP contribution in [0.1, 0.15) is 27.3 Å². The summed E-state index contributed by atoms with van der Waals surface area (Å²) in [5.41, 5.74) is 3.18. The third-order valence-electron chi connectivity index (χ3n) is 3.69. The molecule has 3 aromatic rings. The highest BCUT2D eigenvalue weighted by Gasteiger charge is 2.18. The molecule has 1 aromatic carbocycles. The van der Waals surface area contributed by atoms with Crippen LogP contribution in [-0.4, -0.2) is 30.5 Å². The molecule has 2 heterocycles. The van der Waals surface area contributed by atoms with Gasteiger partial charge in [0.15, 0.2) is 0 Å². The van der Waals surface area contributed by atoms with Crippen LogP contribution >= 0.6 is 0 Å². The highest BCUT2D eigenvalue weighted by atomic mass is 16.1. The lowest BCUT2D eigenvalue weighted by molar-refractivity contribution is 0.102. The molecule has 1 amide bonds. The van der Waals surface area contributed by atoms with Crippen LogP contribution in [0.25, 0.3) is 0 Å². The van der Waals surface area contributed by atoms with Crippen molar-refractivity contribution in [2.24, 2.45) is 7.05 Å². The number of hydrogen-bond acceptors (Lipinski definition) is 4. The van der Waals surface area contributed by atoms with Gasteiger partial charge in [0, 0.05) is 12.7 Å². The number of carbonyl (C=O) groups excluding carboxylic acids is 1. The third-order valence-corrected chi connectivity index (χ3v) is 3.69. The van der Waals surface area contributed by atoms with Gasteiger partial charge in [0.2, 0.25) is 5.95 Å². The summed E-state index contributed by atoms with van der Waals surface area (Å²) >= 11 is 0. The average Bonchev–Trinajstić information content (AvgIpc) is 3.05. The molecule has 7 nitrogen and oxygen atoms in total. The molecule has 0 saturated heterocycles. The number of rotatable bonds is 4. The van der Waals surface area contributed by atoms with E-state index in [0.717, 1.165) is 11.3 Å². The molecular weight excluding hydrogens is 292 g/mol. The first kappa shape index (κ1) is 15.0. The lowest BCUT2D eigenvalue weighted by Gasteiger charge is -2.02. The van der Waals surface area contributed by atoms with Crippen LogP contribution in [0.5, 0.6) is 0 Å². The van der Waals surface area contributed by atoms with Crippen LogP contribution in [-0.2, 0) is 13.6 Å². The summed E-state index contributed by atoms with van der Waals surface area (Å²) in [6.45, 7) is 4.27. The molecule has 0 aliphatic heterocycles. The van der Waals surface area contributed by atoms with Gasteiger partial charge in [-0.3, -0.25) is 14.8 Å². The van der Waals surface area contributed by atoms with E-state index in [1.807, 2.05) is 51.2 Å². The Kier molecular flexibility index (Phi) is 3.92. The second kappa shape index (κ2) is 6.04. The molecule has 0 aliphatic carbocycles. The summed E-state index contributed by atoms with van der Waals surface area (Å²) in [4.78, 5) is 16.5. The first-order valence-corrected chi connectivity index (χ1v) is 7.29. The van der Waals surface area contributed by atoms with Crippen molar-refractivity contribution in [3.05, 3.63) is 59.2 Å². The van der Waals surface area contributed by atoms with Crippen molar-refractivity contribution in [3.8, 4) is 0 Å². The average molecular weight is 310 g/mol. The predicted octanol–water partition coefficient (Wildman–Crippen LogP) is 1.93. The molecule has 2 aromatic heterocycles. The number of hydrogen-bond donors (Lipinski definition) is 1. The first-order valence-electron chi connectivity index (χ1n) is 7.29. The van der Waals surface area contributed by atoms with Crippen LogP contribution in [0.15, 0.2) is 36.7 Å². The Balaban J connectivity index is 1.73. The minimum Gasteiger partial charge on any atom is -0.289 e. The maximum atomic E-state index is 12.4. The van der Waals surface area contributed by atoms with Crippen LogP contribution in [0.4, 0.5) is 5.95 Å². The summed E-state index contributed by atoms with van der Waals surface area (Å²) in [6.07, 6.45) is 1.60. The molecule has 0 fully saturated rings. The van der Waals surface area contributed by atoms with E-state index in [4.69, 9.17) is 0 Å². The Labute approximate surface area is 134 Å². The van der Waals surface area contributed by atoms with Gasteiger partial charge >= 0.3 is 0 Å². The molecule has 0 atom stereocenters. The van der Waals surface area contributed by atoms with Gasteiger partial charge in [0.1, 0.15) is 6.33 Å². The van der Waals surface area contributed by atoms with Gasteiger partial charge < -0.3 is 0 Å². The largest absolute Gasteiger partial charge is 0.289 e. The van der Waals surface area contributed by atoms with Gasteiger partial charge in [0.05, 0.1) is 17.8 Å². The fourth-order valence-electron chi connectivity index (χ4n) is 2.46. The van der Waals surface area contributed by atoms with E-state index in [1.54, 1.807) is 15.7 Å². The highest BCUT2D eigenvalue weighted by Crippen LogP contribution is 2.13. The normalized spacial score (nSPS) is 10.7. The molecule has 1 N–H and O–H groups in total. The Morgan fingerprint density at radius 3 is 2.57 bits per heavy atom. The Bertz CT molecular complexity index is 834. The molecule has 0 spiro atoms. The van der Waals surface area contributed by atoms with Crippen molar-refractivity contribution in [2.45, 2.75) is 20.4 Å². The number of aromatic nitrogens is 5. The fraction of sp³-hybridized carbons (Fsp3) is 0.250. The van der Waals surface area contributed by atoms with Crippen molar-refractivity contribution < 1.29 is 4.79 Å². The minimum absolute atomic E-state index is 0.245. The number of nitrogens with one attached hydrogen (secondary N) is 1. The van der Waals surface area contributed by atoms with Crippen molar-refractivity contribution >= 4 is 11.9 Å². The summed E-state index contributed by atoms with van der Waals surface area (Å²) in [5, 5.41) is 11.3. The predicted molar refractivity (Wildman–Crippen MR) is 86.2 cm³/mol. The number of carbonyl (C=O) groups is 1. The molecule has 0 unspecified atom stereocenters. The quantitative estimate of drug-likeness (QED) is 0.798. The zero-order valence-electron chi connectivity index (χ0n) is 13.3. The van der Waals surface area contributed by atoms with Gasteiger partial charge in [-0.05, 0) is 19.4 Å². The maximum Gasteiger partial charge on any atom is 0.261 e. The van der Waals surface area contributed by atoms with Crippen LogP contribution in [0, 0.1) is 13.8 Å². The minimum atomic E-state index is -0.245. The third kappa shape index (κ3) is 3.13. The Hall–Kier alpha value is -2.96. The van der Waals surface area contributed by atoms with Gasteiger partial charge in [-0.1, -0.05) is 30.3 Å². The van der Waals surface area contributed by atoms with Crippen molar-refractivity contribution in [2.75, 3.05) is 5.32 Å². The van der Waals surface area contributed by atoms with Crippen LogP contribution in [0.2, 0.25) is 0 Å². The van der Waals surface area contributed by atoms with Gasteiger partial charge in [-0.2, -0.15) is 5.10 Å². The fourth-order valence-corrected chi connectivity index (χ4v) is 2.46. The summed E-state index contributed by atoms with van der Waals surface area (Å²) in [7, 11) is 1.81. The number of nitrogens with zero attached hydrogens (tertiary/aromatic N) is 5. The molecule has 0 saturated carbocycles. The van der Waals surface area contributed by atoms with Gasteiger partial charge in [0.25, 0.3) is 5.91 Å². The SMILES string of the molecule is Cc1nn(C)c(C)c1C(=O)Nc1ncn(Cc2ccccc2)n1.